The molecule has 2 aromatic carbocycles. The number of nitrogens with one attached hydrogen (secondary N) is 1. The Labute approximate surface area is 144 Å². The van der Waals surface area contributed by atoms with E-state index in [0.717, 1.165) is 12.1 Å². The molecular weight excluding hydrogens is 347 g/mol. The molecule has 0 saturated carbocycles. The standard InChI is InChI=1S/C17H15FN2O4S/c1-24-15-9-8-14(18)11-16(15)25(22,23)20-10-2-3-12-4-6-13(7-5-12)17(19)21/h4-9,11,20H,10H2,1H3,(H2,19,21). The monoisotopic (exact) mass is 362 g/mol. The van der Waals surface area contributed by atoms with Gasteiger partial charge in [0.1, 0.15) is 16.5 Å². The molecule has 130 valence electrons. The molecule has 0 aliphatic heterocycles. The summed E-state index contributed by atoms with van der Waals surface area (Å²) in [5, 5.41) is 0. The summed E-state index contributed by atoms with van der Waals surface area (Å²) in [6.45, 7) is -0.181. The van der Waals surface area contributed by atoms with Gasteiger partial charge in [-0.1, -0.05) is 11.8 Å². The second-order valence-corrected chi connectivity index (χ2v) is 6.60. The van der Waals surface area contributed by atoms with Gasteiger partial charge in [-0.05, 0) is 42.5 Å². The Balaban J connectivity index is 2.09. The van der Waals surface area contributed by atoms with Gasteiger partial charge >= 0.3 is 0 Å². The molecule has 6 nitrogen and oxygen atoms in total. The molecular formula is C17H15FN2O4S. The number of hydrogen-bond acceptors (Lipinski definition) is 4. The van der Waals surface area contributed by atoms with Crippen molar-refractivity contribution < 1.29 is 22.3 Å². The number of primary amides is 1. The zero-order valence-electron chi connectivity index (χ0n) is 13.2. The third-order valence-electron chi connectivity index (χ3n) is 3.17. The van der Waals surface area contributed by atoms with E-state index < -0.39 is 21.7 Å². The molecule has 0 heterocycles. The van der Waals surface area contributed by atoms with E-state index in [1.807, 2.05) is 0 Å². The fourth-order valence-electron chi connectivity index (χ4n) is 1.93. The van der Waals surface area contributed by atoms with Crippen LogP contribution < -0.4 is 15.2 Å². The van der Waals surface area contributed by atoms with Crippen molar-refractivity contribution in [3.8, 4) is 17.6 Å². The molecule has 0 fully saturated rings. The van der Waals surface area contributed by atoms with Gasteiger partial charge in [0.25, 0.3) is 0 Å². The summed E-state index contributed by atoms with van der Waals surface area (Å²) in [4.78, 5) is 10.7. The maximum Gasteiger partial charge on any atom is 0.248 e. The Bertz CT molecular complexity index is 945. The molecule has 0 bridgehead atoms. The lowest BCUT2D eigenvalue weighted by Crippen LogP contribution is -2.24. The Kier molecular flexibility index (Phi) is 5.75. The number of carbonyl (C=O) groups excluding carboxylic acids is 1. The van der Waals surface area contributed by atoms with Crippen LogP contribution in [0.4, 0.5) is 4.39 Å². The Hall–Kier alpha value is -2.89. The molecule has 8 heteroatoms. The number of ether oxygens (including phenoxy) is 1. The summed E-state index contributed by atoms with van der Waals surface area (Å²) >= 11 is 0. The SMILES string of the molecule is COc1ccc(F)cc1S(=O)(=O)NCC#Cc1ccc(C(N)=O)cc1. The van der Waals surface area contributed by atoms with Crippen molar-refractivity contribution in [2.75, 3.05) is 13.7 Å². The maximum atomic E-state index is 13.3. The predicted octanol–water partition coefficient (Wildman–Crippen LogP) is 1.26. The first-order valence-corrected chi connectivity index (χ1v) is 8.54. The Morgan fingerprint density at radius 2 is 1.92 bits per heavy atom. The van der Waals surface area contributed by atoms with Gasteiger partial charge < -0.3 is 10.5 Å². The lowest BCUT2D eigenvalue weighted by Gasteiger charge is -2.09. The first-order valence-electron chi connectivity index (χ1n) is 7.05. The Morgan fingerprint density at radius 1 is 1.24 bits per heavy atom. The zero-order valence-corrected chi connectivity index (χ0v) is 14.1. The molecule has 1 amide bonds. The highest BCUT2D eigenvalue weighted by atomic mass is 32.2. The quantitative estimate of drug-likeness (QED) is 0.783. The lowest BCUT2D eigenvalue weighted by molar-refractivity contribution is 0.100. The molecule has 0 aliphatic carbocycles. The number of rotatable bonds is 5. The van der Waals surface area contributed by atoms with Gasteiger partial charge in [0.05, 0.1) is 13.7 Å². The minimum absolute atomic E-state index is 0.0314. The topological polar surface area (TPSA) is 98.5 Å². The lowest BCUT2D eigenvalue weighted by atomic mass is 10.1. The third kappa shape index (κ3) is 4.79. The van der Waals surface area contributed by atoms with E-state index in [9.17, 15) is 17.6 Å². The van der Waals surface area contributed by atoms with Crippen LogP contribution in [0.3, 0.4) is 0 Å². The summed E-state index contributed by atoms with van der Waals surface area (Å²) < 4.78 is 44.9. The molecule has 3 N–H and O–H groups in total. The molecule has 0 radical (unpaired) electrons. The second-order valence-electron chi connectivity index (χ2n) is 4.86. The first kappa shape index (κ1) is 18.4. The normalized spacial score (nSPS) is 10.6. The van der Waals surface area contributed by atoms with Crippen molar-refractivity contribution in [3.63, 3.8) is 0 Å². The fraction of sp³-hybridized carbons (Fsp3) is 0.118. The van der Waals surface area contributed by atoms with Gasteiger partial charge in [0.2, 0.25) is 15.9 Å². The molecule has 0 unspecified atom stereocenters. The van der Waals surface area contributed by atoms with Gasteiger partial charge in [-0.25, -0.2) is 12.8 Å². The van der Waals surface area contributed by atoms with Gasteiger partial charge in [0, 0.05) is 11.1 Å². The molecule has 0 aliphatic rings. The minimum atomic E-state index is -3.98. The fourth-order valence-corrected chi connectivity index (χ4v) is 3.04. The van der Waals surface area contributed by atoms with Crippen LogP contribution in [0.25, 0.3) is 0 Å². The van der Waals surface area contributed by atoms with Crippen molar-refractivity contribution in [2.24, 2.45) is 5.73 Å². The van der Waals surface area contributed by atoms with Crippen LogP contribution in [-0.2, 0) is 10.0 Å². The molecule has 0 atom stereocenters. The number of nitrogens with two attached hydrogens (primary N) is 1. The number of carbonyl (C=O) groups is 1. The highest BCUT2D eigenvalue weighted by molar-refractivity contribution is 7.89. The van der Waals surface area contributed by atoms with Crippen molar-refractivity contribution in [1.82, 2.24) is 4.72 Å². The number of sulfonamides is 1. The largest absolute Gasteiger partial charge is 0.495 e. The van der Waals surface area contributed by atoms with Crippen LogP contribution in [-0.4, -0.2) is 28.0 Å². The van der Waals surface area contributed by atoms with Crippen LogP contribution in [0.15, 0.2) is 47.4 Å². The van der Waals surface area contributed by atoms with E-state index in [4.69, 9.17) is 10.5 Å². The van der Waals surface area contributed by atoms with Gasteiger partial charge in [-0.15, -0.1) is 0 Å². The average Bonchev–Trinajstić information content (AvgIpc) is 2.59. The van der Waals surface area contributed by atoms with E-state index >= 15 is 0 Å². The summed E-state index contributed by atoms with van der Waals surface area (Å²) in [7, 11) is -2.68. The van der Waals surface area contributed by atoms with Crippen molar-refractivity contribution in [2.45, 2.75) is 4.90 Å². The molecule has 2 aromatic rings. The van der Waals surface area contributed by atoms with Gasteiger partial charge in [-0.3, -0.25) is 4.79 Å². The number of hydrogen-bond donors (Lipinski definition) is 2. The van der Waals surface area contributed by atoms with E-state index in [1.165, 1.54) is 25.3 Å². The van der Waals surface area contributed by atoms with E-state index in [0.29, 0.717) is 11.1 Å². The van der Waals surface area contributed by atoms with Gasteiger partial charge in [-0.2, -0.15) is 4.72 Å². The summed E-state index contributed by atoms with van der Waals surface area (Å²) in [6.07, 6.45) is 0. The third-order valence-corrected chi connectivity index (χ3v) is 4.59. The van der Waals surface area contributed by atoms with Gasteiger partial charge in [0.15, 0.2) is 0 Å². The number of amides is 1. The Morgan fingerprint density at radius 3 is 2.52 bits per heavy atom. The molecule has 2 rings (SSSR count). The number of methoxy groups -OCH3 is 1. The molecule has 25 heavy (non-hydrogen) atoms. The summed E-state index contributed by atoms with van der Waals surface area (Å²) in [6, 6.07) is 9.44. The van der Waals surface area contributed by atoms with Crippen molar-refractivity contribution in [3.05, 3.63) is 59.4 Å². The minimum Gasteiger partial charge on any atom is -0.495 e. The van der Waals surface area contributed by atoms with Crippen LogP contribution in [0.1, 0.15) is 15.9 Å². The van der Waals surface area contributed by atoms with E-state index in [1.54, 1.807) is 12.1 Å². The maximum absolute atomic E-state index is 13.3. The van der Waals surface area contributed by atoms with Crippen LogP contribution in [0.2, 0.25) is 0 Å². The second kappa shape index (κ2) is 7.79. The van der Waals surface area contributed by atoms with E-state index in [2.05, 4.69) is 16.6 Å². The zero-order chi connectivity index (χ0) is 18.4. The van der Waals surface area contributed by atoms with Crippen LogP contribution >= 0.6 is 0 Å². The summed E-state index contributed by atoms with van der Waals surface area (Å²) in [5.74, 6) is 4.17. The number of benzene rings is 2. The smallest absolute Gasteiger partial charge is 0.248 e. The molecule has 0 aromatic heterocycles. The first-order chi connectivity index (χ1) is 11.8. The summed E-state index contributed by atoms with van der Waals surface area (Å²) in [5.41, 5.74) is 6.08. The predicted molar refractivity (Wildman–Crippen MR) is 90.0 cm³/mol. The van der Waals surface area contributed by atoms with Crippen LogP contribution in [0.5, 0.6) is 5.75 Å². The highest BCUT2D eigenvalue weighted by Gasteiger charge is 2.19. The average molecular weight is 362 g/mol. The van der Waals surface area contributed by atoms with E-state index in [-0.39, 0.29) is 17.2 Å². The number of halogens is 1. The molecule has 0 saturated heterocycles. The van der Waals surface area contributed by atoms with Crippen LogP contribution in [0, 0.1) is 17.7 Å². The highest BCUT2D eigenvalue weighted by Crippen LogP contribution is 2.23. The van der Waals surface area contributed by atoms with Crippen molar-refractivity contribution >= 4 is 15.9 Å². The molecule has 0 spiro atoms. The van der Waals surface area contributed by atoms with Crippen molar-refractivity contribution in [1.29, 1.82) is 0 Å².